The SMILES string of the molecule is O=C(Oc1cc(Cl)ccc1Cl)c1ccccc1I. The van der Waals surface area contributed by atoms with Gasteiger partial charge < -0.3 is 4.74 Å². The van der Waals surface area contributed by atoms with Crippen LogP contribution in [0.1, 0.15) is 10.4 Å². The van der Waals surface area contributed by atoms with Crippen molar-refractivity contribution in [3.05, 3.63) is 61.6 Å². The second kappa shape index (κ2) is 5.91. The zero-order valence-electron chi connectivity index (χ0n) is 8.99. The second-order valence-corrected chi connectivity index (χ2v) is 5.45. The lowest BCUT2D eigenvalue weighted by molar-refractivity contribution is 0.0734. The van der Waals surface area contributed by atoms with Gasteiger partial charge in [-0.1, -0.05) is 35.3 Å². The average molecular weight is 393 g/mol. The molecule has 0 saturated heterocycles. The van der Waals surface area contributed by atoms with Crippen molar-refractivity contribution < 1.29 is 9.53 Å². The summed E-state index contributed by atoms with van der Waals surface area (Å²) in [5.74, 6) is -0.196. The van der Waals surface area contributed by atoms with Crippen molar-refractivity contribution in [2.75, 3.05) is 0 Å². The number of carbonyl (C=O) groups excluding carboxylic acids is 1. The van der Waals surface area contributed by atoms with Gasteiger partial charge in [-0.2, -0.15) is 0 Å². The van der Waals surface area contributed by atoms with E-state index < -0.39 is 5.97 Å². The van der Waals surface area contributed by atoms with Crippen LogP contribution in [0.25, 0.3) is 0 Å². The molecular formula is C13H7Cl2IO2. The summed E-state index contributed by atoms with van der Waals surface area (Å²) in [7, 11) is 0. The number of hydrogen-bond donors (Lipinski definition) is 0. The molecule has 2 nitrogen and oxygen atoms in total. The maximum absolute atomic E-state index is 12.0. The minimum absolute atomic E-state index is 0.258. The lowest BCUT2D eigenvalue weighted by Gasteiger charge is -2.07. The summed E-state index contributed by atoms with van der Waals surface area (Å²) in [6.07, 6.45) is 0. The molecule has 0 atom stereocenters. The third-order valence-corrected chi connectivity index (χ3v) is 3.68. The lowest BCUT2D eigenvalue weighted by Crippen LogP contribution is -2.10. The molecule has 2 rings (SSSR count). The second-order valence-electron chi connectivity index (χ2n) is 3.44. The summed E-state index contributed by atoms with van der Waals surface area (Å²) in [6.45, 7) is 0. The first-order valence-electron chi connectivity index (χ1n) is 4.99. The van der Waals surface area contributed by atoms with E-state index in [0.717, 1.165) is 3.57 Å². The summed E-state index contributed by atoms with van der Waals surface area (Å²) in [6, 6.07) is 11.9. The van der Waals surface area contributed by atoms with Gasteiger partial charge in [0.25, 0.3) is 0 Å². The van der Waals surface area contributed by atoms with Gasteiger partial charge in [0.2, 0.25) is 0 Å². The normalized spacial score (nSPS) is 10.2. The van der Waals surface area contributed by atoms with Crippen LogP contribution < -0.4 is 4.74 Å². The van der Waals surface area contributed by atoms with Crippen molar-refractivity contribution in [2.45, 2.75) is 0 Å². The van der Waals surface area contributed by atoms with Crippen LogP contribution in [0.15, 0.2) is 42.5 Å². The molecule has 0 bridgehead atoms. The van der Waals surface area contributed by atoms with Gasteiger partial charge >= 0.3 is 5.97 Å². The third-order valence-electron chi connectivity index (χ3n) is 2.19. The number of ether oxygens (including phenoxy) is 1. The number of esters is 1. The number of halogens is 3. The standard InChI is InChI=1S/C13H7Cl2IO2/c14-8-5-6-10(15)12(7-8)18-13(17)9-3-1-2-4-11(9)16/h1-7H. The first-order valence-corrected chi connectivity index (χ1v) is 6.83. The average Bonchev–Trinajstić information content (AvgIpc) is 2.34. The van der Waals surface area contributed by atoms with Crippen LogP contribution in [0.2, 0.25) is 10.0 Å². The summed E-state index contributed by atoms with van der Waals surface area (Å²) >= 11 is 13.8. The summed E-state index contributed by atoms with van der Waals surface area (Å²) in [5.41, 5.74) is 0.495. The number of carbonyl (C=O) groups is 1. The molecule has 2 aromatic carbocycles. The van der Waals surface area contributed by atoms with Gasteiger partial charge in [0.1, 0.15) is 0 Å². The Labute approximate surface area is 128 Å². The van der Waals surface area contributed by atoms with Crippen LogP contribution in [-0.2, 0) is 0 Å². The highest BCUT2D eigenvalue weighted by molar-refractivity contribution is 14.1. The van der Waals surface area contributed by atoms with Crippen LogP contribution in [0, 0.1) is 3.57 Å². The van der Waals surface area contributed by atoms with E-state index in [0.29, 0.717) is 15.6 Å². The number of benzene rings is 2. The Morgan fingerprint density at radius 1 is 1.11 bits per heavy atom. The summed E-state index contributed by atoms with van der Waals surface area (Å²) in [4.78, 5) is 12.0. The molecule has 0 unspecified atom stereocenters. The maximum atomic E-state index is 12.0. The van der Waals surface area contributed by atoms with E-state index >= 15 is 0 Å². The largest absolute Gasteiger partial charge is 0.421 e. The van der Waals surface area contributed by atoms with Crippen molar-refractivity contribution in [2.24, 2.45) is 0 Å². The monoisotopic (exact) mass is 392 g/mol. The summed E-state index contributed by atoms with van der Waals surface area (Å²) < 4.78 is 6.05. The zero-order valence-corrected chi connectivity index (χ0v) is 12.7. The fourth-order valence-corrected chi connectivity index (χ4v) is 2.26. The Morgan fingerprint density at radius 3 is 2.56 bits per heavy atom. The van der Waals surface area contributed by atoms with Crippen LogP contribution in [0.5, 0.6) is 5.75 Å². The van der Waals surface area contributed by atoms with E-state index in [1.807, 2.05) is 12.1 Å². The van der Waals surface area contributed by atoms with Crippen molar-refractivity contribution in [1.82, 2.24) is 0 Å². The van der Waals surface area contributed by atoms with Crippen LogP contribution >= 0.6 is 45.8 Å². The predicted molar refractivity (Wildman–Crippen MR) is 80.6 cm³/mol. The predicted octanol–water partition coefficient (Wildman–Crippen LogP) is 4.82. The van der Waals surface area contributed by atoms with Crippen molar-refractivity contribution in [1.29, 1.82) is 0 Å². The molecule has 0 amide bonds. The maximum Gasteiger partial charge on any atom is 0.344 e. The van der Waals surface area contributed by atoms with Gasteiger partial charge in [0.15, 0.2) is 5.75 Å². The fourth-order valence-electron chi connectivity index (χ4n) is 1.34. The van der Waals surface area contributed by atoms with Crippen molar-refractivity contribution >= 4 is 51.8 Å². The van der Waals surface area contributed by atoms with Gasteiger partial charge in [-0.3, -0.25) is 0 Å². The summed E-state index contributed by atoms with van der Waals surface area (Å²) in [5, 5.41) is 0.809. The quantitative estimate of drug-likeness (QED) is 0.416. The Hall–Kier alpha value is -0.780. The Morgan fingerprint density at radius 2 is 1.83 bits per heavy atom. The Balaban J connectivity index is 2.27. The van der Waals surface area contributed by atoms with E-state index in [9.17, 15) is 4.79 Å². The van der Waals surface area contributed by atoms with E-state index in [2.05, 4.69) is 22.6 Å². The van der Waals surface area contributed by atoms with Gasteiger partial charge in [0.05, 0.1) is 10.6 Å². The topological polar surface area (TPSA) is 26.3 Å². The number of rotatable bonds is 2. The highest BCUT2D eigenvalue weighted by atomic mass is 127. The molecule has 0 spiro atoms. The molecule has 0 N–H and O–H groups in total. The first kappa shape index (κ1) is 13.6. The highest BCUT2D eigenvalue weighted by Crippen LogP contribution is 2.28. The van der Waals surface area contributed by atoms with Gasteiger partial charge in [0, 0.05) is 14.7 Å². The minimum Gasteiger partial charge on any atom is -0.421 e. The third kappa shape index (κ3) is 3.16. The molecule has 92 valence electrons. The van der Waals surface area contributed by atoms with Crippen molar-refractivity contribution in [3.8, 4) is 5.75 Å². The molecule has 0 fully saturated rings. The number of hydrogen-bond acceptors (Lipinski definition) is 2. The van der Waals surface area contributed by atoms with Crippen molar-refractivity contribution in [3.63, 3.8) is 0 Å². The van der Waals surface area contributed by atoms with Crippen LogP contribution in [0.4, 0.5) is 0 Å². The van der Waals surface area contributed by atoms with Crippen LogP contribution in [0.3, 0.4) is 0 Å². The van der Waals surface area contributed by atoms with Gasteiger partial charge in [-0.05, 0) is 46.9 Å². The minimum atomic E-state index is -0.454. The van der Waals surface area contributed by atoms with E-state index in [1.165, 1.54) is 6.07 Å². The first-order chi connectivity index (χ1) is 8.58. The molecule has 0 heterocycles. The van der Waals surface area contributed by atoms with Gasteiger partial charge in [-0.25, -0.2) is 4.79 Å². The van der Waals surface area contributed by atoms with Crippen LogP contribution in [-0.4, -0.2) is 5.97 Å². The molecule has 18 heavy (non-hydrogen) atoms. The van der Waals surface area contributed by atoms with E-state index in [-0.39, 0.29) is 5.75 Å². The lowest BCUT2D eigenvalue weighted by atomic mass is 10.2. The molecule has 5 heteroatoms. The van der Waals surface area contributed by atoms with Gasteiger partial charge in [-0.15, -0.1) is 0 Å². The molecular weight excluding hydrogens is 386 g/mol. The molecule has 2 aromatic rings. The fraction of sp³-hybridized carbons (Fsp3) is 0. The molecule has 0 aliphatic rings. The Bertz CT molecular complexity index is 599. The smallest absolute Gasteiger partial charge is 0.344 e. The Kier molecular flexibility index (Phi) is 4.48. The zero-order chi connectivity index (χ0) is 13.1. The molecule has 0 radical (unpaired) electrons. The van der Waals surface area contributed by atoms with E-state index in [4.69, 9.17) is 27.9 Å². The highest BCUT2D eigenvalue weighted by Gasteiger charge is 2.13. The molecule has 0 aromatic heterocycles. The van der Waals surface area contributed by atoms with E-state index in [1.54, 1.807) is 24.3 Å². The molecule has 0 aliphatic carbocycles. The molecule has 0 aliphatic heterocycles. The molecule has 0 saturated carbocycles.